The quantitative estimate of drug-likeness (QED) is 0.614. The Hall–Kier alpha value is -1.50. The molecule has 88 valence electrons. The molecule has 1 aromatic rings. The number of hydrogen-bond donors (Lipinski definition) is 2. The first-order chi connectivity index (χ1) is 7.60. The van der Waals surface area contributed by atoms with Crippen molar-refractivity contribution in [2.24, 2.45) is 0 Å². The van der Waals surface area contributed by atoms with Crippen molar-refractivity contribution < 1.29 is 14.3 Å². The molecule has 0 aliphatic rings. The molecule has 1 rings (SSSR count). The molecule has 0 aliphatic carbocycles. The second kappa shape index (κ2) is 5.55. The molecule has 0 atom stereocenters. The van der Waals surface area contributed by atoms with Gasteiger partial charge >= 0.3 is 5.97 Å². The predicted octanol–water partition coefficient (Wildman–Crippen LogP) is 1.27. The minimum Gasteiger partial charge on any atom is -0.462 e. The summed E-state index contributed by atoms with van der Waals surface area (Å²) in [7, 11) is 0. The van der Waals surface area contributed by atoms with Gasteiger partial charge in [0.2, 0.25) is 5.91 Å². The van der Waals surface area contributed by atoms with Gasteiger partial charge in [-0.15, -0.1) is 11.8 Å². The van der Waals surface area contributed by atoms with Crippen LogP contribution in [-0.2, 0) is 9.53 Å². The summed E-state index contributed by atoms with van der Waals surface area (Å²) < 4.78 is 4.89. The van der Waals surface area contributed by atoms with E-state index in [1.807, 2.05) is 0 Å². The third-order valence-corrected chi connectivity index (χ3v) is 2.39. The number of carbonyl (C=O) groups excluding carboxylic acids is 2. The van der Waals surface area contributed by atoms with Crippen molar-refractivity contribution >= 4 is 29.5 Å². The number of aromatic amines is 1. The first kappa shape index (κ1) is 12.6. The van der Waals surface area contributed by atoms with Crippen LogP contribution in [0.1, 0.15) is 24.2 Å². The van der Waals surface area contributed by atoms with E-state index in [4.69, 9.17) is 4.74 Å². The molecule has 1 amide bonds. The Morgan fingerprint density at radius 2 is 2.25 bits per heavy atom. The maximum Gasteiger partial charge on any atom is 0.344 e. The number of nitrogens with one attached hydrogen (secondary N) is 2. The van der Waals surface area contributed by atoms with Crippen molar-refractivity contribution in [2.75, 3.05) is 18.2 Å². The number of amides is 1. The van der Waals surface area contributed by atoms with Crippen molar-refractivity contribution in [3.8, 4) is 0 Å². The van der Waals surface area contributed by atoms with Gasteiger partial charge in [0, 0.05) is 6.92 Å². The summed E-state index contributed by atoms with van der Waals surface area (Å²) in [6, 6.07) is 0. The molecule has 0 unspecified atom stereocenters. The Morgan fingerprint density at radius 3 is 2.75 bits per heavy atom. The zero-order chi connectivity index (χ0) is 12.1. The normalized spacial score (nSPS) is 9.94. The molecule has 7 heteroatoms. The van der Waals surface area contributed by atoms with Crippen molar-refractivity contribution in [3.63, 3.8) is 0 Å². The van der Waals surface area contributed by atoms with Gasteiger partial charge in [0.1, 0.15) is 16.4 Å². The fourth-order valence-electron chi connectivity index (χ4n) is 1.13. The number of ether oxygens (including phenoxy) is 1. The van der Waals surface area contributed by atoms with E-state index < -0.39 is 5.97 Å². The maximum atomic E-state index is 11.6. The first-order valence-corrected chi connectivity index (χ1v) is 5.89. The van der Waals surface area contributed by atoms with E-state index in [2.05, 4.69) is 15.5 Å². The van der Waals surface area contributed by atoms with E-state index in [1.54, 1.807) is 13.2 Å². The minimum atomic E-state index is -0.496. The van der Waals surface area contributed by atoms with Crippen LogP contribution in [0.3, 0.4) is 0 Å². The van der Waals surface area contributed by atoms with Crippen LogP contribution in [0.2, 0.25) is 0 Å². The third kappa shape index (κ3) is 2.75. The van der Waals surface area contributed by atoms with Gasteiger partial charge in [0.15, 0.2) is 0 Å². The Kier molecular flexibility index (Phi) is 4.36. The average Bonchev–Trinajstić information content (AvgIpc) is 2.60. The zero-order valence-corrected chi connectivity index (χ0v) is 10.1. The summed E-state index contributed by atoms with van der Waals surface area (Å²) in [4.78, 5) is 22.6. The lowest BCUT2D eigenvalue weighted by Crippen LogP contribution is -2.12. The Morgan fingerprint density at radius 1 is 1.56 bits per heavy atom. The van der Waals surface area contributed by atoms with Gasteiger partial charge in [0.25, 0.3) is 0 Å². The van der Waals surface area contributed by atoms with Gasteiger partial charge in [0.05, 0.1) is 6.61 Å². The van der Waals surface area contributed by atoms with Gasteiger partial charge in [-0.25, -0.2) is 4.79 Å². The maximum absolute atomic E-state index is 11.6. The lowest BCUT2D eigenvalue weighted by molar-refractivity contribution is -0.114. The number of aromatic nitrogens is 2. The number of H-pyrrole nitrogens is 1. The molecule has 0 aliphatic heterocycles. The van der Waals surface area contributed by atoms with Crippen LogP contribution in [0.25, 0.3) is 0 Å². The highest BCUT2D eigenvalue weighted by atomic mass is 32.2. The number of nitrogens with zero attached hydrogens (tertiary/aromatic N) is 1. The number of hydrogen-bond acceptors (Lipinski definition) is 5. The Bertz CT molecular complexity index is 403. The highest BCUT2D eigenvalue weighted by molar-refractivity contribution is 7.98. The molecule has 0 radical (unpaired) electrons. The molecule has 0 fully saturated rings. The highest BCUT2D eigenvalue weighted by Crippen LogP contribution is 2.24. The molecule has 16 heavy (non-hydrogen) atoms. The average molecular weight is 243 g/mol. The van der Waals surface area contributed by atoms with Gasteiger partial charge in [-0.1, -0.05) is 0 Å². The number of carbonyl (C=O) groups is 2. The molecular formula is C9H13N3O3S. The molecule has 0 saturated carbocycles. The summed E-state index contributed by atoms with van der Waals surface area (Å²) in [6.07, 6.45) is 1.79. The Labute approximate surface area is 97.1 Å². The van der Waals surface area contributed by atoms with Gasteiger partial charge < -0.3 is 10.1 Å². The van der Waals surface area contributed by atoms with Crippen molar-refractivity contribution in [1.29, 1.82) is 0 Å². The van der Waals surface area contributed by atoms with E-state index in [1.165, 1.54) is 18.7 Å². The molecule has 0 bridgehead atoms. The van der Waals surface area contributed by atoms with Gasteiger partial charge in [-0.05, 0) is 13.2 Å². The first-order valence-electron chi connectivity index (χ1n) is 4.67. The molecule has 0 saturated heterocycles. The molecule has 2 N–H and O–H groups in total. The second-order valence-corrected chi connectivity index (χ2v) is 3.68. The molecule has 0 spiro atoms. The minimum absolute atomic E-state index is 0.268. The van der Waals surface area contributed by atoms with E-state index in [0.717, 1.165) is 0 Å². The van der Waals surface area contributed by atoms with E-state index >= 15 is 0 Å². The lowest BCUT2D eigenvalue weighted by atomic mass is 10.3. The number of anilines is 1. The molecule has 0 aromatic carbocycles. The van der Waals surface area contributed by atoms with E-state index in [0.29, 0.717) is 5.03 Å². The van der Waals surface area contributed by atoms with Crippen molar-refractivity contribution in [2.45, 2.75) is 18.9 Å². The number of thioether (sulfide) groups is 1. The fourth-order valence-corrected chi connectivity index (χ4v) is 1.66. The van der Waals surface area contributed by atoms with Crippen LogP contribution in [0.4, 0.5) is 5.82 Å². The second-order valence-electron chi connectivity index (χ2n) is 2.88. The summed E-state index contributed by atoms with van der Waals surface area (Å²) in [5.41, 5.74) is 0.268. The number of rotatable bonds is 4. The van der Waals surface area contributed by atoms with E-state index in [-0.39, 0.29) is 23.9 Å². The summed E-state index contributed by atoms with van der Waals surface area (Å²) >= 11 is 1.30. The van der Waals surface area contributed by atoms with Gasteiger partial charge in [-0.2, -0.15) is 5.10 Å². The third-order valence-electron chi connectivity index (χ3n) is 1.71. The largest absolute Gasteiger partial charge is 0.462 e. The van der Waals surface area contributed by atoms with Crippen LogP contribution in [0.15, 0.2) is 5.03 Å². The number of esters is 1. The van der Waals surface area contributed by atoms with Crippen LogP contribution < -0.4 is 5.32 Å². The summed E-state index contributed by atoms with van der Waals surface area (Å²) in [5, 5.41) is 9.50. The molecular weight excluding hydrogens is 230 g/mol. The molecule has 6 nitrogen and oxygen atoms in total. The predicted molar refractivity (Wildman–Crippen MR) is 60.6 cm³/mol. The standard InChI is InChI=1S/C9H13N3O3S/c1-4-15-9(14)6-7(10-5(2)13)11-12-8(6)16-3/h4H2,1-3H3,(H2,10,11,12,13). The van der Waals surface area contributed by atoms with Crippen LogP contribution >= 0.6 is 11.8 Å². The zero-order valence-electron chi connectivity index (χ0n) is 9.29. The Balaban J connectivity index is 3.05. The van der Waals surface area contributed by atoms with Crippen LogP contribution in [0.5, 0.6) is 0 Å². The summed E-state index contributed by atoms with van der Waals surface area (Å²) in [5.74, 6) is -0.499. The monoisotopic (exact) mass is 243 g/mol. The van der Waals surface area contributed by atoms with Crippen molar-refractivity contribution in [3.05, 3.63) is 5.56 Å². The fraction of sp³-hybridized carbons (Fsp3) is 0.444. The SMILES string of the molecule is CCOC(=O)c1c(SC)n[nH]c1NC(C)=O. The van der Waals surface area contributed by atoms with Gasteiger partial charge in [-0.3, -0.25) is 9.89 Å². The van der Waals surface area contributed by atoms with Crippen LogP contribution in [-0.4, -0.2) is 34.9 Å². The van der Waals surface area contributed by atoms with Crippen LogP contribution in [0, 0.1) is 0 Å². The smallest absolute Gasteiger partial charge is 0.344 e. The highest BCUT2D eigenvalue weighted by Gasteiger charge is 2.21. The topological polar surface area (TPSA) is 84.1 Å². The lowest BCUT2D eigenvalue weighted by Gasteiger charge is -2.04. The van der Waals surface area contributed by atoms with Crippen molar-refractivity contribution in [1.82, 2.24) is 10.2 Å². The molecule has 1 aromatic heterocycles. The molecule has 1 heterocycles. The summed E-state index contributed by atoms with van der Waals surface area (Å²) in [6.45, 7) is 3.35. The van der Waals surface area contributed by atoms with E-state index in [9.17, 15) is 9.59 Å².